The molecular formula is C16H8N6O. The zero-order valence-electron chi connectivity index (χ0n) is 12.0. The lowest BCUT2D eigenvalue weighted by molar-refractivity contribution is -0.121. The first kappa shape index (κ1) is 14.3. The molecule has 108 valence electrons. The monoisotopic (exact) mass is 300 g/mol. The maximum absolute atomic E-state index is 13.0. The van der Waals surface area contributed by atoms with Crippen LogP contribution in [0.4, 0.5) is 5.69 Å². The molecule has 0 unspecified atom stereocenters. The molecule has 0 atom stereocenters. The van der Waals surface area contributed by atoms with E-state index in [9.17, 15) is 25.8 Å². The molecule has 1 spiro atoms. The van der Waals surface area contributed by atoms with Crippen LogP contribution in [0.2, 0.25) is 0 Å². The van der Waals surface area contributed by atoms with Gasteiger partial charge in [0.1, 0.15) is 0 Å². The maximum atomic E-state index is 13.0. The molecule has 1 aliphatic heterocycles. The van der Waals surface area contributed by atoms with Crippen LogP contribution in [-0.4, -0.2) is 11.6 Å². The Kier molecular flexibility index (Phi) is 2.58. The van der Waals surface area contributed by atoms with Crippen molar-refractivity contribution in [1.82, 2.24) is 0 Å². The van der Waals surface area contributed by atoms with E-state index in [0.717, 1.165) is 5.01 Å². The van der Waals surface area contributed by atoms with Crippen LogP contribution in [0.15, 0.2) is 35.4 Å². The lowest BCUT2D eigenvalue weighted by atomic mass is 9.89. The molecule has 1 aromatic rings. The van der Waals surface area contributed by atoms with Crippen molar-refractivity contribution in [2.45, 2.75) is 6.92 Å². The molecule has 1 aromatic carbocycles. The Morgan fingerprint density at radius 3 is 1.87 bits per heavy atom. The molecule has 0 N–H and O–H groups in total. The number of nitriles is 4. The van der Waals surface area contributed by atoms with Crippen molar-refractivity contribution >= 4 is 17.3 Å². The summed E-state index contributed by atoms with van der Waals surface area (Å²) in [6.07, 6.45) is 0. The van der Waals surface area contributed by atoms with E-state index in [1.54, 1.807) is 54.6 Å². The molecule has 23 heavy (non-hydrogen) atoms. The van der Waals surface area contributed by atoms with Gasteiger partial charge in [-0.05, 0) is 19.1 Å². The standard InChI is InChI=1S/C16H8N6O/c1-11-16(14(7-17,8-18)15(16,9-19)10-20)13(23)22(21-11)12-5-3-2-4-6-12/h2-6H,1H3. The third-order valence-electron chi connectivity index (χ3n) is 4.60. The topological polar surface area (TPSA) is 128 Å². The van der Waals surface area contributed by atoms with E-state index < -0.39 is 22.2 Å². The summed E-state index contributed by atoms with van der Waals surface area (Å²) in [5.41, 5.74) is -5.40. The van der Waals surface area contributed by atoms with Gasteiger partial charge in [0.15, 0.2) is 16.2 Å². The largest absolute Gasteiger partial charge is 0.271 e. The molecule has 0 saturated heterocycles. The quantitative estimate of drug-likeness (QED) is 0.775. The summed E-state index contributed by atoms with van der Waals surface area (Å²) >= 11 is 0. The first-order valence-corrected chi connectivity index (χ1v) is 6.63. The minimum Gasteiger partial charge on any atom is -0.271 e. The molecular weight excluding hydrogens is 292 g/mol. The van der Waals surface area contributed by atoms with Gasteiger partial charge in [0.05, 0.1) is 35.7 Å². The molecule has 0 radical (unpaired) electrons. The van der Waals surface area contributed by atoms with E-state index in [0.29, 0.717) is 5.69 Å². The first-order chi connectivity index (χ1) is 11.0. The molecule has 2 aliphatic rings. The molecule has 1 amide bonds. The predicted octanol–water partition coefficient (Wildman–Crippen LogP) is 1.48. The number of carbonyl (C=O) groups excluding carboxylic acids is 1. The number of nitrogens with zero attached hydrogens (tertiary/aromatic N) is 6. The van der Waals surface area contributed by atoms with Crippen LogP contribution in [-0.2, 0) is 4.79 Å². The summed E-state index contributed by atoms with van der Waals surface area (Å²) in [7, 11) is 0. The molecule has 1 aliphatic carbocycles. The second-order valence-corrected chi connectivity index (χ2v) is 5.34. The SMILES string of the molecule is CC1=NN(c2ccccc2)C(=O)C12C(C#N)(C#N)C2(C#N)C#N. The van der Waals surface area contributed by atoms with E-state index in [-0.39, 0.29) is 5.71 Å². The number of benzene rings is 1. The average Bonchev–Trinajstić information content (AvgIpc) is 3.05. The van der Waals surface area contributed by atoms with Gasteiger partial charge < -0.3 is 0 Å². The Balaban J connectivity index is 2.24. The Morgan fingerprint density at radius 2 is 1.43 bits per heavy atom. The second-order valence-electron chi connectivity index (χ2n) is 5.34. The van der Waals surface area contributed by atoms with Crippen molar-refractivity contribution in [2.24, 2.45) is 21.3 Å². The number of amides is 1. The maximum Gasteiger partial charge on any atom is 0.265 e. The zero-order chi connectivity index (χ0) is 16.9. The van der Waals surface area contributed by atoms with E-state index in [4.69, 9.17) is 0 Å². The fourth-order valence-electron chi connectivity index (χ4n) is 3.48. The molecule has 1 fully saturated rings. The smallest absolute Gasteiger partial charge is 0.265 e. The predicted molar refractivity (Wildman–Crippen MR) is 76.8 cm³/mol. The Morgan fingerprint density at radius 1 is 0.957 bits per heavy atom. The summed E-state index contributed by atoms with van der Waals surface area (Å²) in [6.45, 7) is 1.46. The third-order valence-corrected chi connectivity index (χ3v) is 4.60. The van der Waals surface area contributed by atoms with Crippen molar-refractivity contribution in [1.29, 1.82) is 21.0 Å². The number of rotatable bonds is 1. The average molecular weight is 300 g/mol. The van der Waals surface area contributed by atoms with Crippen molar-refractivity contribution in [2.75, 3.05) is 5.01 Å². The number of hydrazone groups is 1. The van der Waals surface area contributed by atoms with Gasteiger partial charge in [0.2, 0.25) is 0 Å². The fourth-order valence-corrected chi connectivity index (χ4v) is 3.48. The van der Waals surface area contributed by atoms with Gasteiger partial charge in [-0.25, -0.2) is 0 Å². The molecule has 1 saturated carbocycles. The molecule has 1 heterocycles. The van der Waals surface area contributed by atoms with Gasteiger partial charge in [-0.1, -0.05) is 18.2 Å². The third kappa shape index (κ3) is 1.14. The Labute approximate surface area is 131 Å². The van der Waals surface area contributed by atoms with Crippen molar-refractivity contribution in [3.8, 4) is 24.3 Å². The summed E-state index contributed by atoms with van der Waals surface area (Å²) in [5, 5.41) is 43.1. The molecule has 0 aromatic heterocycles. The highest BCUT2D eigenvalue weighted by molar-refractivity contribution is 6.25. The fraction of sp³-hybridized carbons (Fsp3) is 0.250. The van der Waals surface area contributed by atoms with Gasteiger partial charge >= 0.3 is 0 Å². The molecule has 7 nitrogen and oxygen atoms in total. The van der Waals surface area contributed by atoms with Gasteiger partial charge in [-0.15, -0.1) is 0 Å². The van der Waals surface area contributed by atoms with Crippen LogP contribution in [0.5, 0.6) is 0 Å². The van der Waals surface area contributed by atoms with Gasteiger partial charge in [0, 0.05) is 0 Å². The summed E-state index contributed by atoms with van der Waals surface area (Å²) in [6, 6.07) is 15.3. The van der Waals surface area contributed by atoms with Crippen molar-refractivity contribution < 1.29 is 4.79 Å². The molecule has 0 bridgehead atoms. The Hall–Kier alpha value is -3.68. The van der Waals surface area contributed by atoms with Crippen LogP contribution in [0.3, 0.4) is 0 Å². The minimum atomic E-state index is -2.06. The van der Waals surface area contributed by atoms with Crippen LogP contribution >= 0.6 is 0 Å². The lowest BCUT2D eigenvalue weighted by Crippen LogP contribution is -2.34. The van der Waals surface area contributed by atoms with Crippen LogP contribution in [0, 0.1) is 61.6 Å². The van der Waals surface area contributed by atoms with Crippen molar-refractivity contribution in [3.63, 3.8) is 0 Å². The van der Waals surface area contributed by atoms with E-state index in [1.807, 2.05) is 0 Å². The summed E-state index contributed by atoms with van der Waals surface area (Å²) in [4.78, 5) is 13.0. The number of para-hydroxylation sites is 1. The summed E-state index contributed by atoms with van der Waals surface area (Å²) < 4.78 is 0. The zero-order valence-corrected chi connectivity index (χ0v) is 12.0. The second kappa shape index (κ2) is 4.17. The van der Waals surface area contributed by atoms with E-state index >= 15 is 0 Å². The van der Waals surface area contributed by atoms with Crippen LogP contribution in [0.1, 0.15) is 6.92 Å². The number of hydrogen-bond donors (Lipinski definition) is 0. The number of carbonyl (C=O) groups is 1. The highest BCUT2D eigenvalue weighted by atomic mass is 16.2. The minimum absolute atomic E-state index is 0.123. The first-order valence-electron chi connectivity index (χ1n) is 6.63. The van der Waals surface area contributed by atoms with E-state index in [2.05, 4.69) is 5.10 Å². The number of hydrogen-bond acceptors (Lipinski definition) is 6. The van der Waals surface area contributed by atoms with Gasteiger partial charge in [0.25, 0.3) is 5.91 Å². The van der Waals surface area contributed by atoms with Crippen molar-refractivity contribution in [3.05, 3.63) is 30.3 Å². The van der Waals surface area contributed by atoms with Crippen LogP contribution < -0.4 is 5.01 Å². The normalized spacial score (nSPS) is 21.5. The van der Waals surface area contributed by atoms with Gasteiger partial charge in [-0.3, -0.25) is 4.79 Å². The number of anilines is 1. The van der Waals surface area contributed by atoms with Gasteiger partial charge in [-0.2, -0.15) is 31.2 Å². The van der Waals surface area contributed by atoms with Crippen LogP contribution in [0.25, 0.3) is 0 Å². The molecule has 3 rings (SSSR count). The Bertz CT molecular complexity index is 853. The highest BCUT2D eigenvalue weighted by Crippen LogP contribution is 2.79. The lowest BCUT2D eigenvalue weighted by Gasteiger charge is -2.14. The van der Waals surface area contributed by atoms with E-state index in [1.165, 1.54) is 6.92 Å². The highest BCUT2D eigenvalue weighted by Gasteiger charge is 2.98. The molecule has 7 heteroatoms. The summed E-state index contributed by atoms with van der Waals surface area (Å²) in [5.74, 6) is -0.701.